The molecule has 1 amide bonds. The van der Waals surface area contributed by atoms with Crippen LogP contribution in [0.15, 0.2) is 54.6 Å². The minimum absolute atomic E-state index is 0.0322. The highest BCUT2D eigenvalue weighted by Crippen LogP contribution is 2.20. The molecule has 152 valence electrons. The lowest BCUT2D eigenvalue weighted by atomic mass is 10.2. The average Bonchev–Trinajstić information content (AvgIpc) is 3.17. The fourth-order valence-electron chi connectivity index (χ4n) is 3.07. The molecule has 0 radical (unpaired) electrons. The van der Waals surface area contributed by atoms with Crippen molar-refractivity contribution >= 4 is 5.91 Å². The van der Waals surface area contributed by atoms with Crippen LogP contribution in [0.3, 0.4) is 0 Å². The fourth-order valence-corrected chi connectivity index (χ4v) is 3.07. The maximum absolute atomic E-state index is 14.3. The SMILES string of the molecule is CC(C)c1nc(C(=O)N(CCCN)Cc2ccccc2)nn1-c1ccccc1F. The number of hydrogen-bond donors (Lipinski definition) is 1. The minimum atomic E-state index is -0.414. The molecule has 0 saturated heterocycles. The summed E-state index contributed by atoms with van der Waals surface area (Å²) in [5, 5.41) is 4.38. The van der Waals surface area contributed by atoms with Crippen molar-refractivity contribution in [2.45, 2.75) is 32.7 Å². The van der Waals surface area contributed by atoms with Crippen LogP contribution in [0, 0.1) is 5.82 Å². The Bertz CT molecular complexity index is 955. The van der Waals surface area contributed by atoms with Crippen molar-refractivity contribution in [3.8, 4) is 5.69 Å². The van der Waals surface area contributed by atoms with Crippen LogP contribution in [0.5, 0.6) is 0 Å². The van der Waals surface area contributed by atoms with E-state index in [0.29, 0.717) is 31.9 Å². The second kappa shape index (κ2) is 9.43. The summed E-state index contributed by atoms with van der Waals surface area (Å²) in [4.78, 5) is 19.4. The number of amides is 1. The Morgan fingerprint density at radius 3 is 2.48 bits per heavy atom. The Morgan fingerprint density at radius 2 is 1.83 bits per heavy atom. The normalized spacial score (nSPS) is 11.1. The van der Waals surface area contributed by atoms with E-state index in [4.69, 9.17) is 5.73 Å². The first kappa shape index (κ1) is 20.7. The number of nitrogens with two attached hydrogens (primary N) is 1. The van der Waals surface area contributed by atoms with Gasteiger partial charge in [0.05, 0.1) is 0 Å². The van der Waals surface area contributed by atoms with E-state index < -0.39 is 5.82 Å². The van der Waals surface area contributed by atoms with Gasteiger partial charge in [0, 0.05) is 19.0 Å². The number of rotatable bonds is 8. The first-order valence-electron chi connectivity index (χ1n) is 9.76. The zero-order chi connectivity index (χ0) is 20.8. The molecule has 6 nitrogen and oxygen atoms in total. The van der Waals surface area contributed by atoms with Crippen LogP contribution in [0.2, 0.25) is 0 Å². The van der Waals surface area contributed by atoms with Crippen molar-refractivity contribution < 1.29 is 9.18 Å². The average molecular weight is 395 g/mol. The molecule has 3 rings (SSSR count). The summed E-state index contributed by atoms with van der Waals surface area (Å²) in [6.45, 7) is 5.28. The molecular formula is C22H26FN5O. The van der Waals surface area contributed by atoms with Gasteiger partial charge >= 0.3 is 0 Å². The molecule has 0 aliphatic rings. The van der Waals surface area contributed by atoms with Gasteiger partial charge in [-0.1, -0.05) is 56.3 Å². The number of nitrogens with zero attached hydrogens (tertiary/aromatic N) is 4. The number of hydrogen-bond acceptors (Lipinski definition) is 4. The molecule has 29 heavy (non-hydrogen) atoms. The molecule has 0 atom stereocenters. The monoisotopic (exact) mass is 395 g/mol. The molecule has 0 fully saturated rings. The molecule has 0 saturated carbocycles. The number of benzene rings is 2. The molecule has 1 aromatic heterocycles. The standard InChI is InChI=1S/C22H26FN5O/c1-16(2)21-25-20(26-28(21)19-12-7-6-11-18(19)23)22(29)27(14-8-13-24)15-17-9-4-3-5-10-17/h3-7,9-12,16H,8,13-15,24H2,1-2H3. The number of carbonyl (C=O) groups is 1. The lowest BCUT2D eigenvalue weighted by molar-refractivity contribution is 0.0730. The van der Waals surface area contributed by atoms with Crippen molar-refractivity contribution in [1.29, 1.82) is 0 Å². The lowest BCUT2D eigenvalue weighted by Gasteiger charge is -2.21. The predicted octanol–water partition coefficient (Wildman–Crippen LogP) is 3.52. The van der Waals surface area contributed by atoms with Crippen LogP contribution in [0.1, 0.15) is 48.2 Å². The summed E-state index contributed by atoms with van der Waals surface area (Å²) in [7, 11) is 0. The van der Waals surface area contributed by atoms with Crippen molar-refractivity contribution in [3.63, 3.8) is 0 Å². The van der Waals surface area contributed by atoms with E-state index in [-0.39, 0.29) is 23.3 Å². The third-order valence-corrected chi connectivity index (χ3v) is 4.56. The summed E-state index contributed by atoms with van der Waals surface area (Å²) >= 11 is 0. The van der Waals surface area contributed by atoms with Gasteiger partial charge in [-0.25, -0.2) is 14.1 Å². The van der Waals surface area contributed by atoms with Gasteiger partial charge in [-0.15, -0.1) is 5.10 Å². The van der Waals surface area contributed by atoms with E-state index >= 15 is 0 Å². The number of halogens is 1. The maximum Gasteiger partial charge on any atom is 0.293 e. The first-order chi connectivity index (χ1) is 14.0. The molecule has 0 aliphatic heterocycles. The van der Waals surface area contributed by atoms with Gasteiger partial charge in [-0.05, 0) is 30.7 Å². The van der Waals surface area contributed by atoms with Gasteiger partial charge < -0.3 is 10.6 Å². The van der Waals surface area contributed by atoms with E-state index in [1.54, 1.807) is 23.1 Å². The topological polar surface area (TPSA) is 77.0 Å². The second-order valence-electron chi connectivity index (χ2n) is 7.17. The quantitative estimate of drug-likeness (QED) is 0.633. The van der Waals surface area contributed by atoms with Gasteiger partial charge in [0.2, 0.25) is 5.82 Å². The smallest absolute Gasteiger partial charge is 0.293 e. The van der Waals surface area contributed by atoms with E-state index in [9.17, 15) is 9.18 Å². The Labute approximate surface area is 170 Å². The maximum atomic E-state index is 14.3. The van der Waals surface area contributed by atoms with E-state index in [0.717, 1.165) is 5.56 Å². The van der Waals surface area contributed by atoms with Gasteiger partial charge in [-0.3, -0.25) is 4.79 Å². The third kappa shape index (κ3) is 4.86. The lowest BCUT2D eigenvalue weighted by Crippen LogP contribution is -2.33. The Kier molecular flexibility index (Phi) is 6.72. The first-order valence-corrected chi connectivity index (χ1v) is 9.76. The number of aromatic nitrogens is 3. The molecule has 0 spiro atoms. The summed E-state index contributed by atoms with van der Waals surface area (Å²) in [6.07, 6.45) is 0.670. The number of para-hydroxylation sites is 1. The Balaban J connectivity index is 1.95. The van der Waals surface area contributed by atoms with E-state index in [1.165, 1.54) is 10.7 Å². The van der Waals surface area contributed by atoms with Crippen LogP contribution < -0.4 is 5.73 Å². The van der Waals surface area contributed by atoms with Gasteiger partial charge in [-0.2, -0.15) is 0 Å². The van der Waals surface area contributed by atoms with Crippen molar-refractivity contribution in [2.24, 2.45) is 5.73 Å². The van der Waals surface area contributed by atoms with Crippen molar-refractivity contribution in [1.82, 2.24) is 19.7 Å². The molecule has 2 N–H and O–H groups in total. The predicted molar refractivity (Wildman–Crippen MR) is 110 cm³/mol. The van der Waals surface area contributed by atoms with Crippen molar-refractivity contribution in [2.75, 3.05) is 13.1 Å². The zero-order valence-corrected chi connectivity index (χ0v) is 16.8. The summed E-state index contributed by atoms with van der Waals surface area (Å²) < 4.78 is 15.8. The van der Waals surface area contributed by atoms with Crippen LogP contribution >= 0.6 is 0 Å². The highest BCUT2D eigenvalue weighted by atomic mass is 19.1. The number of carbonyl (C=O) groups excluding carboxylic acids is 1. The molecule has 7 heteroatoms. The van der Waals surface area contributed by atoms with Crippen LogP contribution in [-0.4, -0.2) is 38.7 Å². The third-order valence-electron chi connectivity index (χ3n) is 4.56. The second-order valence-corrected chi connectivity index (χ2v) is 7.17. The van der Waals surface area contributed by atoms with Gasteiger partial charge in [0.1, 0.15) is 17.3 Å². The van der Waals surface area contributed by atoms with E-state index in [2.05, 4.69) is 10.1 Å². The van der Waals surface area contributed by atoms with Gasteiger partial charge in [0.15, 0.2) is 0 Å². The molecule has 0 unspecified atom stereocenters. The summed E-state index contributed by atoms with van der Waals surface area (Å²) in [5.74, 6) is -0.140. The molecule has 3 aromatic rings. The molecule has 2 aromatic carbocycles. The Morgan fingerprint density at radius 1 is 1.14 bits per heavy atom. The van der Waals surface area contributed by atoms with Gasteiger partial charge in [0.25, 0.3) is 5.91 Å². The highest BCUT2D eigenvalue weighted by molar-refractivity contribution is 5.90. The molecule has 1 heterocycles. The summed E-state index contributed by atoms with van der Waals surface area (Å²) in [5.41, 5.74) is 6.94. The largest absolute Gasteiger partial charge is 0.331 e. The zero-order valence-electron chi connectivity index (χ0n) is 16.8. The Hall–Kier alpha value is -3.06. The molecule has 0 aliphatic carbocycles. The van der Waals surface area contributed by atoms with Crippen LogP contribution in [0.4, 0.5) is 4.39 Å². The molecular weight excluding hydrogens is 369 g/mol. The molecule has 0 bridgehead atoms. The summed E-state index contributed by atoms with van der Waals surface area (Å²) in [6, 6.07) is 16.1. The van der Waals surface area contributed by atoms with Crippen LogP contribution in [0.25, 0.3) is 5.69 Å². The highest BCUT2D eigenvalue weighted by Gasteiger charge is 2.24. The van der Waals surface area contributed by atoms with E-state index in [1.807, 2.05) is 44.2 Å². The minimum Gasteiger partial charge on any atom is -0.331 e. The van der Waals surface area contributed by atoms with Crippen molar-refractivity contribution in [3.05, 3.63) is 77.6 Å². The van der Waals surface area contributed by atoms with Crippen LogP contribution in [-0.2, 0) is 6.54 Å². The fraction of sp³-hybridized carbons (Fsp3) is 0.318.